The third kappa shape index (κ3) is 7.79. The fraction of sp³-hybridized carbons (Fsp3) is 0.938. The van der Waals surface area contributed by atoms with Crippen LogP contribution in [0.1, 0.15) is 53.9 Å². The van der Waals surface area contributed by atoms with E-state index in [2.05, 4.69) is 5.32 Å². The molecule has 0 aliphatic heterocycles. The molecule has 124 valence electrons. The van der Waals surface area contributed by atoms with Gasteiger partial charge in [-0.15, -0.1) is 0 Å². The Labute approximate surface area is 128 Å². The van der Waals surface area contributed by atoms with Gasteiger partial charge in [0.2, 0.25) is 0 Å². The largest absolute Gasteiger partial charge is 0.465 e. The van der Waals surface area contributed by atoms with Crippen LogP contribution in [0.5, 0.6) is 0 Å². The number of hydrogen-bond donors (Lipinski definition) is 1. The summed E-state index contributed by atoms with van der Waals surface area (Å²) in [5.41, 5.74) is -0.793. The summed E-state index contributed by atoms with van der Waals surface area (Å²) in [6.07, 6.45) is 2.88. The average Bonchev–Trinajstić information content (AvgIpc) is 3.16. The van der Waals surface area contributed by atoms with Crippen molar-refractivity contribution in [2.24, 2.45) is 0 Å². The van der Waals surface area contributed by atoms with Crippen molar-refractivity contribution >= 4 is 5.97 Å². The summed E-state index contributed by atoms with van der Waals surface area (Å²) in [7, 11) is 0. The number of rotatable bonds is 10. The van der Waals surface area contributed by atoms with Gasteiger partial charge in [-0.25, -0.2) is 0 Å². The Balaban J connectivity index is 2.27. The lowest BCUT2D eigenvalue weighted by molar-refractivity contribution is -0.151. The van der Waals surface area contributed by atoms with E-state index in [1.54, 1.807) is 0 Å². The lowest BCUT2D eigenvalue weighted by atomic mass is 9.98. The molecule has 0 aromatic heterocycles. The molecule has 21 heavy (non-hydrogen) atoms. The number of esters is 1. The fourth-order valence-corrected chi connectivity index (χ4v) is 1.99. The number of carbonyl (C=O) groups is 1. The maximum Gasteiger partial charge on any atom is 0.326 e. The molecule has 1 aliphatic rings. The maximum atomic E-state index is 12.1. The van der Waals surface area contributed by atoms with Crippen LogP contribution >= 0.6 is 0 Å². The van der Waals surface area contributed by atoms with Crippen molar-refractivity contribution in [3.8, 4) is 0 Å². The summed E-state index contributed by atoms with van der Waals surface area (Å²) < 4.78 is 16.3. The van der Waals surface area contributed by atoms with Crippen LogP contribution in [-0.2, 0) is 19.0 Å². The van der Waals surface area contributed by atoms with E-state index in [9.17, 15) is 4.79 Å². The second-order valence-corrected chi connectivity index (χ2v) is 6.79. The first-order chi connectivity index (χ1) is 9.77. The highest BCUT2D eigenvalue weighted by Gasteiger charge is 2.39. The van der Waals surface area contributed by atoms with Crippen LogP contribution in [0.25, 0.3) is 0 Å². The zero-order valence-electron chi connectivity index (χ0n) is 14.2. The third-order valence-corrected chi connectivity index (χ3v) is 3.34. The molecule has 1 saturated carbocycles. The van der Waals surface area contributed by atoms with Crippen LogP contribution in [0.15, 0.2) is 0 Å². The zero-order valence-corrected chi connectivity index (χ0v) is 14.2. The van der Waals surface area contributed by atoms with Gasteiger partial charge in [-0.1, -0.05) is 0 Å². The molecular formula is C16H31NO4. The molecule has 1 unspecified atom stereocenters. The van der Waals surface area contributed by atoms with Crippen molar-refractivity contribution in [2.45, 2.75) is 71.1 Å². The van der Waals surface area contributed by atoms with E-state index in [1.807, 2.05) is 34.6 Å². The van der Waals surface area contributed by atoms with Gasteiger partial charge in [0.05, 0.1) is 25.4 Å². The molecule has 0 radical (unpaired) electrons. The number of carbonyl (C=O) groups excluding carboxylic acids is 1. The number of ether oxygens (including phenoxy) is 3. The zero-order chi connectivity index (χ0) is 15.9. The molecular weight excluding hydrogens is 270 g/mol. The molecule has 1 N–H and O–H groups in total. The first-order valence-corrected chi connectivity index (χ1v) is 7.93. The molecule has 5 heteroatoms. The molecule has 0 spiro atoms. The van der Waals surface area contributed by atoms with E-state index in [-0.39, 0.29) is 11.6 Å². The summed E-state index contributed by atoms with van der Waals surface area (Å²) in [4.78, 5) is 12.1. The van der Waals surface area contributed by atoms with E-state index in [0.717, 1.165) is 12.8 Å². The van der Waals surface area contributed by atoms with Crippen molar-refractivity contribution in [3.63, 3.8) is 0 Å². The van der Waals surface area contributed by atoms with E-state index in [4.69, 9.17) is 14.2 Å². The molecule has 0 aromatic carbocycles. The smallest absolute Gasteiger partial charge is 0.326 e. The molecule has 5 nitrogen and oxygen atoms in total. The van der Waals surface area contributed by atoms with Gasteiger partial charge >= 0.3 is 5.97 Å². The van der Waals surface area contributed by atoms with Crippen LogP contribution < -0.4 is 5.32 Å². The first-order valence-electron chi connectivity index (χ1n) is 7.93. The highest BCUT2D eigenvalue weighted by atomic mass is 16.5. The Hall–Kier alpha value is -0.650. The number of hydrogen-bond acceptors (Lipinski definition) is 5. The van der Waals surface area contributed by atoms with Gasteiger partial charge in [-0.05, 0) is 53.9 Å². The Kier molecular flexibility index (Phi) is 7.10. The van der Waals surface area contributed by atoms with Crippen molar-refractivity contribution in [2.75, 3.05) is 26.4 Å². The van der Waals surface area contributed by atoms with Crippen LogP contribution in [-0.4, -0.2) is 49.6 Å². The summed E-state index contributed by atoms with van der Waals surface area (Å²) in [5.74, 6) is -0.188. The SMILES string of the molecule is CCOC(=O)C(C)(CCOCCOC(C)(C)C)NC1CC1. The van der Waals surface area contributed by atoms with Crippen molar-refractivity contribution in [1.29, 1.82) is 0 Å². The van der Waals surface area contributed by atoms with Gasteiger partial charge < -0.3 is 14.2 Å². The van der Waals surface area contributed by atoms with Gasteiger partial charge in [-0.3, -0.25) is 10.1 Å². The van der Waals surface area contributed by atoms with E-state index in [0.29, 0.717) is 38.9 Å². The van der Waals surface area contributed by atoms with Crippen molar-refractivity contribution < 1.29 is 19.0 Å². The molecule has 0 saturated heterocycles. The molecule has 0 amide bonds. The molecule has 1 fully saturated rings. The normalized spacial score (nSPS) is 18.3. The highest BCUT2D eigenvalue weighted by Crippen LogP contribution is 2.25. The molecule has 1 aliphatic carbocycles. The van der Waals surface area contributed by atoms with Crippen LogP contribution in [0.3, 0.4) is 0 Å². The Morgan fingerprint density at radius 3 is 2.33 bits per heavy atom. The third-order valence-electron chi connectivity index (χ3n) is 3.34. The van der Waals surface area contributed by atoms with Gasteiger partial charge in [0.15, 0.2) is 0 Å². The van der Waals surface area contributed by atoms with Gasteiger partial charge in [0, 0.05) is 12.6 Å². The van der Waals surface area contributed by atoms with Crippen LogP contribution in [0.4, 0.5) is 0 Å². The fourth-order valence-electron chi connectivity index (χ4n) is 1.99. The summed E-state index contributed by atoms with van der Waals surface area (Å²) in [5, 5.41) is 3.38. The monoisotopic (exact) mass is 301 g/mol. The molecule has 0 bridgehead atoms. The molecule has 1 rings (SSSR count). The summed E-state index contributed by atoms with van der Waals surface area (Å²) in [6.45, 7) is 11.8. The Morgan fingerprint density at radius 2 is 1.81 bits per heavy atom. The Morgan fingerprint density at radius 1 is 1.14 bits per heavy atom. The highest BCUT2D eigenvalue weighted by molar-refractivity contribution is 5.80. The van der Waals surface area contributed by atoms with Crippen molar-refractivity contribution in [3.05, 3.63) is 0 Å². The standard InChI is InChI=1S/C16H31NO4/c1-6-20-14(18)16(5,17-13-7-8-13)9-10-19-11-12-21-15(2,3)4/h13,17H,6-12H2,1-5H3. The first kappa shape index (κ1) is 18.4. The minimum Gasteiger partial charge on any atom is -0.465 e. The van der Waals surface area contributed by atoms with E-state index >= 15 is 0 Å². The molecule has 1 atom stereocenters. The lowest BCUT2D eigenvalue weighted by Gasteiger charge is -2.28. The van der Waals surface area contributed by atoms with E-state index in [1.165, 1.54) is 0 Å². The number of nitrogens with one attached hydrogen (secondary N) is 1. The summed E-state index contributed by atoms with van der Waals surface area (Å²) in [6, 6.07) is 0.448. The maximum absolute atomic E-state index is 12.1. The Bertz CT molecular complexity index is 323. The minimum atomic E-state index is -0.651. The second kappa shape index (κ2) is 8.11. The van der Waals surface area contributed by atoms with Gasteiger partial charge in [0.25, 0.3) is 0 Å². The van der Waals surface area contributed by atoms with Crippen LogP contribution in [0, 0.1) is 0 Å². The van der Waals surface area contributed by atoms with E-state index < -0.39 is 5.54 Å². The quantitative estimate of drug-likeness (QED) is 0.495. The average molecular weight is 301 g/mol. The second-order valence-electron chi connectivity index (χ2n) is 6.79. The van der Waals surface area contributed by atoms with Gasteiger partial charge in [0.1, 0.15) is 5.54 Å². The predicted molar refractivity (Wildman–Crippen MR) is 82.3 cm³/mol. The molecule has 0 heterocycles. The lowest BCUT2D eigenvalue weighted by Crippen LogP contribution is -2.52. The predicted octanol–water partition coefficient (Wildman–Crippen LogP) is 2.28. The van der Waals surface area contributed by atoms with Gasteiger partial charge in [-0.2, -0.15) is 0 Å². The minimum absolute atomic E-state index is 0.143. The topological polar surface area (TPSA) is 56.8 Å². The molecule has 0 aromatic rings. The van der Waals surface area contributed by atoms with Crippen molar-refractivity contribution in [1.82, 2.24) is 5.32 Å². The summed E-state index contributed by atoms with van der Waals surface area (Å²) >= 11 is 0. The van der Waals surface area contributed by atoms with Crippen LogP contribution in [0.2, 0.25) is 0 Å².